The van der Waals surface area contributed by atoms with E-state index in [0.29, 0.717) is 12.0 Å². The van der Waals surface area contributed by atoms with Crippen molar-refractivity contribution in [1.29, 1.82) is 0 Å². The average molecular weight is 334 g/mol. The molecule has 5 heteroatoms. The molecule has 1 aromatic carbocycles. The van der Waals surface area contributed by atoms with Crippen molar-refractivity contribution in [2.24, 2.45) is 5.92 Å². The van der Waals surface area contributed by atoms with E-state index >= 15 is 0 Å². The standard InChI is InChI=1S/C18H23N3O.ClH/c1-10-6-11(2)16-14(7-10)12(3)17(20-16)18(22)21-5-4-13-8-19-9-15(13)21;/h6-7,13,15,19-20H,4-5,8-9H2,1-3H3;1H/t13-,15+;/m0./s1. The van der Waals surface area contributed by atoms with E-state index in [0.717, 1.165) is 42.8 Å². The van der Waals surface area contributed by atoms with E-state index < -0.39 is 0 Å². The number of carbonyl (C=O) groups is 1. The average Bonchev–Trinajstić information content (AvgIpc) is 3.13. The molecule has 1 aromatic heterocycles. The Bertz CT molecular complexity index is 767. The van der Waals surface area contributed by atoms with Crippen molar-refractivity contribution in [1.82, 2.24) is 15.2 Å². The Morgan fingerprint density at radius 3 is 2.78 bits per heavy atom. The summed E-state index contributed by atoms with van der Waals surface area (Å²) in [5, 5.41) is 4.60. The Labute approximate surface area is 143 Å². The molecule has 2 atom stereocenters. The van der Waals surface area contributed by atoms with Gasteiger partial charge >= 0.3 is 0 Å². The molecule has 0 aliphatic carbocycles. The molecule has 124 valence electrons. The van der Waals surface area contributed by atoms with Gasteiger partial charge in [0.05, 0.1) is 0 Å². The molecule has 0 spiro atoms. The number of aryl methyl sites for hydroxylation is 3. The number of aromatic amines is 1. The van der Waals surface area contributed by atoms with Gasteiger partial charge in [0.25, 0.3) is 5.91 Å². The number of rotatable bonds is 1. The summed E-state index contributed by atoms with van der Waals surface area (Å²) in [5.74, 6) is 0.805. The van der Waals surface area contributed by atoms with Gasteiger partial charge in [-0.1, -0.05) is 11.6 Å². The SMILES string of the molecule is Cc1cc(C)c2[nH]c(C(=O)N3CC[C@H]4CNC[C@H]43)c(C)c2c1.Cl. The van der Waals surface area contributed by atoms with Crippen LogP contribution in [0.4, 0.5) is 0 Å². The molecule has 23 heavy (non-hydrogen) atoms. The molecule has 0 bridgehead atoms. The second kappa shape index (κ2) is 5.84. The van der Waals surface area contributed by atoms with Gasteiger partial charge in [-0.05, 0) is 50.3 Å². The highest BCUT2D eigenvalue weighted by molar-refractivity contribution is 6.02. The third-order valence-corrected chi connectivity index (χ3v) is 5.43. The zero-order chi connectivity index (χ0) is 15.4. The van der Waals surface area contributed by atoms with Gasteiger partial charge in [-0.2, -0.15) is 0 Å². The second-order valence-electron chi connectivity index (χ2n) is 6.90. The maximum absolute atomic E-state index is 13.0. The minimum atomic E-state index is 0. The van der Waals surface area contributed by atoms with Crippen LogP contribution in [0, 0.1) is 26.7 Å². The number of amides is 1. The van der Waals surface area contributed by atoms with E-state index in [1.54, 1.807) is 0 Å². The maximum atomic E-state index is 13.0. The first kappa shape index (κ1) is 16.3. The van der Waals surface area contributed by atoms with Gasteiger partial charge in [0.1, 0.15) is 5.69 Å². The van der Waals surface area contributed by atoms with E-state index in [2.05, 4.69) is 48.1 Å². The van der Waals surface area contributed by atoms with Crippen LogP contribution in [0.25, 0.3) is 10.9 Å². The Morgan fingerprint density at radius 1 is 1.22 bits per heavy atom. The normalized spacial score (nSPS) is 23.2. The molecule has 2 aromatic rings. The van der Waals surface area contributed by atoms with Crippen LogP contribution in [0.1, 0.15) is 33.6 Å². The van der Waals surface area contributed by atoms with Gasteiger partial charge in [-0.15, -0.1) is 12.4 Å². The van der Waals surface area contributed by atoms with Crippen molar-refractivity contribution in [3.05, 3.63) is 34.5 Å². The van der Waals surface area contributed by atoms with Crippen LogP contribution in [-0.4, -0.2) is 41.5 Å². The van der Waals surface area contributed by atoms with Crippen molar-refractivity contribution in [2.75, 3.05) is 19.6 Å². The molecular weight excluding hydrogens is 310 g/mol. The molecule has 4 nitrogen and oxygen atoms in total. The summed E-state index contributed by atoms with van der Waals surface area (Å²) in [5.41, 5.74) is 5.41. The van der Waals surface area contributed by atoms with Crippen molar-refractivity contribution in [3.8, 4) is 0 Å². The number of benzene rings is 1. The molecule has 3 heterocycles. The van der Waals surface area contributed by atoms with Gasteiger partial charge in [0.2, 0.25) is 0 Å². The Balaban J connectivity index is 0.00000156. The molecule has 0 unspecified atom stereocenters. The molecule has 4 rings (SSSR count). The Kier molecular flexibility index (Phi) is 4.15. The summed E-state index contributed by atoms with van der Waals surface area (Å²) < 4.78 is 0. The lowest BCUT2D eigenvalue weighted by Gasteiger charge is -2.23. The molecule has 2 fully saturated rings. The number of hydrogen-bond acceptors (Lipinski definition) is 2. The van der Waals surface area contributed by atoms with E-state index in [9.17, 15) is 4.79 Å². The summed E-state index contributed by atoms with van der Waals surface area (Å²) in [6.07, 6.45) is 1.13. The number of nitrogens with one attached hydrogen (secondary N) is 2. The van der Waals surface area contributed by atoms with Crippen LogP contribution in [0.5, 0.6) is 0 Å². The van der Waals surface area contributed by atoms with Crippen LogP contribution in [0.3, 0.4) is 0 Å². The van der Waals surface area contributed by atoms with Crippen molar-refractivity contribution in [2.45, 2.75) is 33.2 Å². The van der Waals surface area contributed by atoms with Crippen LogP contribution in [0.15, 0.2) is 12.1 Å². The highest BCUT2D eigenvalue weighted by Crippen LogP contribution is 2.31. The Hall–Kier alpha value is -1.52. The maximum Gasteiger partial charge on any atom is 0.270 e. The van der Waals surface area contributed by atoms with Crippen molar-refractivity contribution < 1.29 is 4.79 Å². The predicted molar refractivity (Wildman–Crippen MR) is 95.6 cm³/mol. The number of fused-ring (bicyclic) bond motifs is 2. The fourth-order valence-corrected chi connectivity index (χ4v) is 4.24. The first-order valence-electron chi connectivity index (χ1n) is 8.17. The fourth-order valence-electron chi connectivity index (χ4n) is 4.24. The van der Waals surface area contributed by atoms with Gasteiger partial charge in [0.15, 0.2) is 0 Å². The van der Waals surface area contributed by atoms with Gasteiger partial charge in [0, 0.05) is 36.6 Å². The smallest absolute Gasteiger partial charge is 0.270 e. The minimum absolute atomic E-state index is 0. The summed E-state index contributed by atoms with van der Waals surface area (Å²) in [7, 11) is 0. The van der Waals surface area contributed by atoms with Crippen molar-refractivity contribution >= 4 is 29.2 Å². The van der Waals surface area contributed by atoms with Crippen LogP contribution in [-0.2, 0) is 0 Å². The zero-order valence-electron chi connectivity index (χ0n) is 13.9. The quantitative estimate of drug-likeness (QED) is 0.843. The van der Waals surface area contributed by atoms with Crippen LogP contribution >= 0.6 is 12.4 Å². The first-order chi connectivity index (χ1) is 10.6. The van der Waals surface area contributed by atoms with Gasteiger partial charge in [-0.25, -0.2) is 0 Å². The molecule has 2 aliphatic rings. The number of likely N-dealkylation sites (tertiary alicyclic amines) is 1. The largest absolute Gasteiger partial charge is 0.350 e. The number of halogens is 1. The fraction of sp³-hybridized carbons (Fsp3) is 0.500. The molecule has 0 saturated carbocycles. The third kappa shape index (κ3) is 2.45. The predicted octanol–water partition coefficient (Wildman–Crippen LogP) is 2.95. The number of carbonyl (C=O) groups excluding carboxylic acids is 1. The lowest BCUT2D eigenvalue weighted by molar-refractivity contribution is 0.0731. The molecule has 2 N–H and O–H groups in total. The van der Waals surface area contributed by atoms with E-state index in [1.165, 1.54) is 16.5 Å². The van der Waals surface area contributed by atoms with Gasteiger partial charge in [-0.3, -0.25) is 4.79 Å². The van der Waals surface area contributed by atoms with Crippen molar-refractivity contribution in [3.63, 3.8) is 0 Å². The zero-order valence-corrected chi connectivity index (χ0v) is 14.7. The van der Waals surface area contributed by atoms with Crippen LogP contribution < -0.4 is 5.32 Å². The summed E-state index contributed by atoms with van der Waals surface area (Å²) >= 11 is 0. The minimum Gasteiger partial charge on any atom is -0.350 e. The highest BCUT2D eigenvalue weighted by Gasteiger charge is 2.40. The number of hydrogen-bond donors (Lipinski definition) is 2. The molecule has 0 radical (unpaired) electrons. The summed E-state index contributed by atoms with van der Waals surface area (Å²) in [6.45, 7) is 9.16. The van der Waals surface area contributed by atoms with E-state index in [1.807, 2.05) is 0 Å². The second-order valence-corrected chi connectivity index (χ2v) is 6.90. The number of nitrogens with zero attached hydrogens (tertiary/aromatic N) is 1. The third-order valence-electron chi connectivity index (χ3n) is 5.43. The molecule has 1 amide bonds. The highest BCUT2D eigenvalue weighted by atomic mass is 35.5. The first-order valence-corrected chi connectivity index (χ1v) is 8.17. The summed E-state index contributed by atoms with van der Waals surface area (Å²) in [6, 6.07) is 4.72. The lowest BCUT2D eigenvalue weighted by Crippen LogP contribution is -2.39. The molecular formula is C18H24ClN3O. The van der Waals surface area contributed by atoms with Crippen LogP contribution in [0.2, 0.25) is 0 Å². The Morgan fingerprint density at radius 2 is 2.00 bits per heavy atom. The van der Waals surface area contributed by atoms with Gasteiger partial charge < -0.3 is 15.2 Å². The molecule has 2 saturated heterocycles. The topological polar surface area (TPSA) is 48.1 Å². The van der Waals surface area contributed by atoms with E-state index in [-0.39, 0.29) is 18.3 Å². The molecule has 2 aliphatic heterocycles. The summed E-state index contributed by atoms with van der Waals surface area (Å²) in [4.78, 5) is 18.5. The monoisotopic (exact) mass is 333 g/mol. The number of H-pyrrole nitrogens is 1. The number of aromatic nitrogens is 1. The van der Waals surface area contributed by atoms with E-state index in [4.69, 9.17) is 0 Å². The lowest BCUT2D eigenvalue weighted by atomic mass is 10.0.